The number of para-hydroxylation sites is 2. The Bertz CT molecular complexity index is 3040. The van der Waals surface area contributed by atoms with Crippen LogP contribution in [0.4, 0.5) is 27.1 Å². The predicted molar refractivity (Wildman–Crippen MR) is 238 cm³/mol. The van der Waals surface area contributed by atoms with Crippen LogP contribution >= 0.6 is 0 Å². The van der Waals surface area contributed by atoms with Crippen LogP contribution in [0.15, 0.2) is 164 Å². The molecule has 5 nitrogen and oxygen atoms in total. The van der Waals surface area contributed by atoms with Crippen LogP contribution < -0.4 is 14.5 Å². The van der Waals surface area contributed by atoms with Gasteiger partial charge in [-0.05, 0) is 82.4 Å². The number of halogens is 1. The van der Waals surface area contributed by atoms with Gasteiger partial charge < -0.3 is 19.1 Å². The summed E-state index contributed by atoms with van der Waals surface area (Å²) in [5.41, 5.74) is 11.7. The third kappa shape index (κ3) is 7.05. The number of hydrogen-bond acceptors (Lipinski definition) is 4. The van der Waals surface area contributed by atoms with Crippen LogP contribution in [-0.4, -0.2) is 9.55 Å². The molecule has 0 bridgehead atoms. The maximum absolute atomic E-state index is 15.0. The first-order valence-corrected chi connectivity index (χ1v) is 19.8. The third-order valence-electron chi connectivity index (χ3n) is 11.1. The Balaban J connectivity index is 0.00000462. The minimum Gasteiger partial charge on any atom is -0.509 e. The van der Waals surface area contributed by atoms with Gasteiger partial charge in [-0.25, -0.2) is 9.37 Å². The number of fused-ring (bicyclic) bond motifs is 4. The number of rotatable bonds is 7. The number of hydrogen-bond donors (Lipinski definition) is 0. The standard InChI is InChI=1S/C53H40FN4O.Pt/c1-35-28-52(55-33-46(35)36-14-6-5-7-15-36)58-48-27-24-37(43-20-8-9-21-47(43)54)29-45(48)44-26-25-42(32-51(44)58)59-41-19-13-18-40(31-41)57-34-56(49-22-10-11-23-50(49)57)39-17-12-16-38(30-39)53(2,3)4;/h5-30,33-34H,1-4H3;/q-3;. The van der Waals surface area contributed by atoms with Gasteiger partial charge in [0.05, 0.1) is 0 Å². The molecule has 1 aliphatic rings. The van der Waals surface area contributed by atoms with E-state index in [2.05, 4.69) is 134 Å². The molecule has 7 heteroatoms. The number of aryl methyl sites for hydroxylation is 1. The molecule has 0 amide bonds. The molecule has 0 N–H and O–H groups in total. The van der Waals surface area contributed by atoms with Gasteiger partial charge >= 0.3 is 0 Å². The van der Waals surface area contributed by atoms with Gasteiger partial charge in [-0.15, -0.1) is 48.1 Å². The molecule has 1 aliphatic heterocycles. The molecular formula is C53H40FN4OPt-3. The van der Waals surface area contributed by atoms with Crippen molar-refractivity contribution in [3.63, 3.8) is 0 Å². The summed E-state index contributed by atoms with van der Waals surface area (Å²) < 4.78 is 23.7. The van der Waals surface area contributed by atoms with Gasteiger partial charge in [0, 0.05) is 72.5 Å². The molecule has 60 heavy (non-hydrogen) atoms. The van der Waals surface area contributed by atoms with Crippen molar-refractivity contribution < 1.29 is 30.2 Å². The topological polar surface area (TPSA) is 33.5 Å². The third-order valence-corrected chi connectivity index (χ3v) is 11.1. The van der Waals surface area contributed by atoms with E-state index in [0.29, 0.717) is 17.1 Å². The summed E-state index contributed by atoms with van der Waals surface area (Å²) >= 11 is 0. The van der Waals surface area contributed by atoms with Crippen molar-refractivity contribution in [1.82, 2.24) is 9.55 Å². The normalized spacial score (nSPS) is 12.5. The van der Waals surface area contributed by atoms with Crippen LogP contribution in [0, 0.1) is 31.5 Å². The molecule has 7 aromatic carbocycles. The van der Waals surface area contributed by atoms with Gasteiger partial charge in [0.2, 0.25) is 0 Å². The molecule has 0 saturated carbocycles. The summed E-state index contributed by atoms with van der Waals surface area (Å²) in [6.07, 6.45) is 1.93. The second kappa shape index (κ2) is 15.6. The van der Waals surface area contributed by atoms with Crippen molar-refractivity contribution >= 4 is 44.6 Å². The SMILES string of the molecule is Cc1cc(-n2c3[c-]c(Oc4[c-]c(N5[CH-]N(c6cccc(C(C)(C)C)c6)c6ccccc65)ccc4)ccc3c3cc(-c4ccccc4F)ccc32)ncc1-c1ccccc1.[Pt]. The van der Waals surface area contributed by atoms with E-state index >= 15 is 4.39 Å². The van der Waals surface area contributed by atoms with Gasteiger partial charge in [-0.2, -0.15) is 12.1 Å². The van der Waals surface area contributed by atoms with E-state index in [1.807, 2.05) is 79.0 Å². The van der Waals surface area contributed by atoms with Gasteiger partial charge in [0.1, 0.15) is 11.6 Å². The fraction of sp³-hybridized carbons (Fsp3) is 0.0943. The van der Waals surface area contributed by atoms with E-state index in [1.165, 1.54) is 11.6 Å². The molecule has 298 valence electrons. The number of aromatic nitrogens is 2. The van der Waals surface area contributed by atoms with Gasteiger partial charge in [-0.1, -0.05) is 111 Å². The zero-order valence-electron chi connectivity index (χ0n) is 33.6. The molecule has 9 aromatic rings. The number of nitrogens with zero attached hydrogens (tertiary/aromatic N) is 4. The van der Waals surface area contributed by atoms with E-state index in [1.54, 1.807) is 6.07 Å². The number of ether oxygens (including phenoxy) is 1. The summed E-state index contributed by atoms with van der Waals surface area (Å²) in [5, 5.41) is 1.92. The van der Waals surface area contributed by atoms with Crippen LogP contribution in [0.1, 0.15) is 31.9 Å². The Morgan fingerprint density at radius 2 is 1.37 bits per heavy atom. The van der Waals surface area contributed by atoms with Crippen LogP contribution in [0.25, 0.3) is 49.9 Å². The number of anilines is 4. The van der Waals surface area contributed by atoms with Crippen molar-refractivity contribution in [2.75, 3.05) is 9.80 Å². The Labute approximate surface area is 364 Å². The van der Waals surface area contributed by atoms with E-state index < -0.39 is 0 Å². The second-order valence-corrected chi connectivity index (χ2v) is 16.0. The van der Waals surface area contributed by atoms with Crippen molar-refractivity contribution in [2.45, 2.75) is 33.1 Å². The monoisotopic (exact) mass is 962 g/mol. The molecule has 0 spiro atoms. The minimum atomic E-state index is -0.262. The molecule has 0 radical (unpaired) electrons. The fourth-order valence-electron chi connectivity index (χ4n) is 8.05. The largest absolute Gasteiger partial charge is 0.509 e. The average Bonchev–Trinajstić information content (AvgIpc) is 3.80. The maximum Gasteiger partial charge on any atom is 0.135 e. The molecule has 10 rings (SSSR count). The van der Waals surface area contributed by atoms with E-state index in [0.717, 1.165) is 72.6 Å². The van der Waals surface area contributed by atoms with Crippen molar-refractivity contribution in [3.8, 4) is 39.6 Å². The smallest absolute Gasteiger partial charge is 0.135 e. The van der Waals surface area contributed by atoms with E-state index in [4.69, 9.17) is 9.72 Å². The number of pyridine rings is 1. The van der Waals surface area contributed by atoms with Gasteiger partial charge in [0.15, 0.2) is 0 Å². The number of benzene rings is 7. The summed E-state index contributed by atoms with van der Waals surface area (Å²) in [6.45, 7) is 10.9. The van der Waals surface area contributed by atoms with Crippen molar-refractivity contribution in [1.29, 1.82) is 0 Å². The molecule has 0 aliphatic carbocycles. The van der Waals surface area contributed by atoms with Crippen LogP contribution in [0.2, 0.25) is 0 Å². The van der Waals surface area contributed by atoms with Gasteiger partial charge in [-0.3, -0.25) is 0 Å². The molecular weight excluding hydrogens is 923 g/mol. The summed E-state index contributed by atoms with van der Waals surface area (Å²) in [4.78, 5) is 9.39. The average molecular weight is 963 g/mol. The molecule has 0 saturated heterocycles. The van der Waals surface area contributed by atoms with Gasteiger partial charge in [0.25, 0.3) is 0 Å². The molecule has 3 heterocycles. The van der Waals surface area contributed by atoms with Crippen LogP contribution in [0.3, 0.4) is 0 Å². The Hall–Kier alpha value is -6.49. The van der Waals surface area contributed by atoms with Crippen LogP contribution in [0.5, 0.6) is 11.5 Å². The first-order valence-electron chi connectivity index (χ1n) is 19.8. The fourth-order valence-corrected chi connectivity index (χ4v) is 8.05. The van der Waals surface area contributed by atoms with Crippen molar-refractivity contribution in [2.24, 2.45) is 0 Å². The second-order valence-electron chi connectivity index (χ2n) is 16.0. The molecule has 0 unspecified atom stereocenters. The quantitative estimate of drug-likeness (QED) is 0.149. The molecule has 0 fully saturated rings. The van der Waals surface area contributed by atoms with E-state index in [9.17, 15) is 0 Å². The van der Waals surface area contributed by atoms with Crippen molar-refractivity contribution in [3.05, 3.63) is 200 Å². The predicted octanol–water partition coefficient (Wildman–Crippen LogP) is 14.1. The first kappa shape index (κ1) is 39.0. The summed E-state index contributed by atoms with van der Waals surface area (Å²) in [5.74, 6) is 1.59. The molecule has 2 aromatic heterocycles. The van der Waals surface area contributed by atoms with E-state index in [-0.39, 0.29) is 32.3 Å². The Kier molecular flexibility index (Phi) is 10.1. The minimum absolute atomic E-state index is 0. The molecule has 0 atom stereocenters. The Morgan fingerprint density at radius 1 is 0.633 bits per heavy atom. The Morgan fingerprint density at radius 3 is 2.15 bits per heavy atom. The summed E-state index contributed by atoms with van der Waals surface area (Å²) in [6, 6.07) is 59.5. The zero-order chi connectivity index (χ0) is 40.3. The van der Waals surface area contributed by atoms with Crippen LogP contribution in [-0.2, 0) is 26.5 Å². The summed E-state index contributed by atoms with van der Waals surface area (Å²) in [7, 11) is 0. The zero-order valence-corrected chi connectivity index (χ0v) is 35.8. The maximum atomic E-state index is 15.0. The first-order chi connectivity index (χ1) is 28.7.